The first-order chi connectivity index (χ1) is 4.38. The van der Waals surface area contributed by atoms with Crippen LogP contribution in [0.1, 0.15) is 17.2 Å². The van der Waals surface area contributed by atoms with Crippen LogP contribution in [0.25, 0.3) is 0 Å². The Morgan fingerprint density at radius 1 is 1.67 bits per heavy atom. The summed E-state index contributed by atoms with van der Waals surface area (Å²) in [5, 5.41) is 9.09. The summed E-state index contributed by atoms with van der Waals surface area (Å²) in [4.78, 5) is 0. The quantitative estimate of drug-likeness (QED) is 0.541. The first kappa shape index (κ1) is 5.00. The summed E-state index contributed by atoms with van der Waals surface area (Å²) >= 11 is 0. The molecule has 1 aliphatic rings. The van der Waals surface area contributed by atoms with Crippen LogP contribution in [-0.4, -0.2) is 5.11 Å². The van der Waals surface area contributed by atoms with Crippen LogP contribution in [-0.2, 0) is 6.42 Å². The molecule has 1 radical (unpaired) electrons. The first-order valence-corrected chi connectivity index (χ1v) is 3.05. The molecule has 0 amide bonds. The number of hydrogen-bond acceptors (Lipinski definition) is 1. The van der Waals surface area contributed by atoms with Crippen molar-refractivity contribution >= 4 is 0 Å². The van der Waals surface area contributed by atoms with Crippen LogP contribution in [0.4, 0.5) is 0 Å². The van der Waals surface area contributed by atoms with Gasteiger partial charge in [0.15, 0.2) is 0 Å². The summed E-state index contributed by atoms with van der Waals surface area (Å²) in [5.41, 5.74) is 2.32. The number of aliphatic hydroxyl groups excluding tert-OH is 1. The van der Waals surface area contributed by atoms with Gasteiger partial charge in [-0.1, -0.05) is 18.2 Å². The van der Waals surface area contributed by atoms with Gasteiger partial charge in [-0.3, -0.25) is 0 Å². The number of fused-ring (bicyclic) bond motifs is 1. The minimum Gasteiger partial charge on any atom is -0.388 e. The predicted octanol–water partition coefficient (Wildman–Crippen LogP) is 1.08. The molecule has 1 aliphatic carbocycles. The van der Waals surface area contributed by atoms with E-state index in [0.29, 0.717) is 0 Å². The van der Waals surface area contributed by atoms with E-state index in [-0.39, 0.29) is 6.10 Å². The van der Waals surface area contributed by atoms with Crippen LogP contribution < -0.4 is 0 Å². The Hall–Kier alpha value is -0.820. The second-order valence-corrected chi connectivity index (χ2v) is 2.34. The maximum absolute atomic E-state index is 9.09. The number of aliphatic hydroxyl groups is 1. The summed E-state index contributed by atoms with van der Waals surface area (Å²) in [6.07, 6.45) is 0.613. The molecule has 9 heavy (non-hydrogen) atoms. The highest BCUT2D eigenvalue weighted by Crippen LogP contribution is 2.31. The van der Waals surface area contributed by atoms with Crippen molar-refractivity contribution in [3.8, 4) is 0 Å². The van der Waals surface area contributed by atoms with Crippen LogP contribution in [0.5, 0.6) is 0 Å². The van der Waals surface area contributed by atoms with E-state index in [9.17, 15) is 0 Å². The van der Waals surface area contributed by atoms with Crippen LogP contribution in [0, 0.1) is 6.07 Å². The van der Waals surface area contributed by atoms with Gasteiger partial charge in [-0.05, 0) is 17.2 Å². The molecule has 1 atom stereocenters. The predicted molar refractivity (Wildman–Crippen MR) is 33.9 cm³/mol. The fourth-order valence-electron chi connectivity index (χ4n) is 1.17. The third-order valence-corrected chi connectivity index (χ3v) is 1.76. The third kappa shape index (κ3) is 0.583. The monoisotopic (exact) mass is 119 g/mol. The van der Waals surface area contributed by atoms with E-state index in [1.165, 1.54) is 5.56 Å². The molecule has 1 aromatic rings. The van der Waals surface area contributed by atoms with Crippen LogP contribution in [0.15, 0.2) is 18.2 Å². The molecule has 0 bridgehead atoms. The zero-order valence-electron chi connectivity index (χ0n) is 4.96. The molecule has 0 spiro atoms. The molecule has 0 aromatic heterocycles. The lowest BCUT2D eigenvalue weighted by Crippen LogP contribution is -2.15. The average molecular weight is 119 g/mol. The molecule has 0 heterocycles. The molecule has 1 aromatic carbocycles. The van der Waals surface area contributed by atoms with Gasteiger partial charge in [-0.25, -0.2) is 0 Å². The molecule has 2 rings (SSSR count). The Labute approximate surface area is 53.9 Å². The Balaban J connectivity index is 2.51. The van der Waals surface area contributed by atoms with E-state index in [4.69, 9.17) is 5.11 Å². The maximum atomic E-state index is 9.09. The molecule has 0 saturated heterocycles. The molecular formula is C8H7O. The van der Waals surface area contributed by atoms with Crippen molar-refractivity contribution in [2.75, 3.05) is 0 Å². The fourth-order valence-corrected chi connectivity index (χ4v) is 1.17. The lowest BCUT2D eigenvalue weighted by atomic mass is 9.86. The first-order valence-electron chi connectivity index (χ1n) is 3.05. The zero-order valence-corrected chi connectivity index (χ0v) is 4.96. The molecule has 1 heteroatoms. The Morgan fingerprint density at radius 3 is 3.11 bits per heavy atom. The van der Waals surface area contributed by atoms with Crippen LogP contribution in [0.2, 0.25) is 0 Å². The SMILES string of the molecule is OC1Cc2c[c]ccc21. The number of benzene rings is 1. The highest BCUT2D eigenvalue weighted by Gasteiger charge is 2.21. The van der Waals surface area contributed by atoms with Crippen LogP contribution in [0.3, 0.4) is 0 Å². The van der Waals surface area contributed by atoms with Gasteiger partial charge in [0.25, 0.3) is 0 Å². The van der Waals surface area contributed by atoms with Gasteiger partial charge < -0.3 is 5.11 Å². The highest BCUT2D eigenvalue weighted by molar-refractivity contribution is 5.37. The van der Waals surface area contributed by atoms with Crippen molar-refractivity contribution in [3.63, 3.8) is 0 Å². The zero-order chi connectivity index (χ0) is 6.27. The molecule has 1 unspecified atom stereocenters. The van der Waals surface area contributed by atoms with E-state index in [2.05, 4.69) is 6.07 Å². The molecule has 1 nitrogen and oxygen atoms in total. The van der Waals surface area contributed by atoms with Gasteiger partial charge in [0.05, 0.1) is 6.10 Å². The Morgan fingerprint density at radius 2 is 2.56 bits per heavy atom. The van der Waals surface area contributed by atoms with Crippen molar-refractivity contribution in [1.29, 1.82) is 0 Å². The molecular weight excluding hydrogens is 112 g/mol. The van der Waals surface area contributed by atoms with Gasteiger partial charge >= 0.3 is 0 Å². The molecule has 0 saturated carbocycles. The largest absolute Gasteiger partial charge is 0.388 e. The van der Waals surface area contributed by atoms with Crippen molar-refractivity contribution in [1.82, 2.24) is 0 Å². The second kappa shape index (κ2) is 1.58. The smallest absolute Gasteiger partial charge is 0.0833 e. The summed E-state index contributed by atoms with van der Waals surface area (Å²) < 4.78 is 0. The summed E-state index contributed by atoms with van der Waals surface area (Å²) in [5.74, 6) is 0. The number of hydrogen-bond donors (Lipinski definition) is 1. The van der Waals surface area contributed by atoms with E-state index in [1.54, 1.807) is 0 Å². The average Bonchev–Trinajstić information content (AvgIpc) is 1.86. The topological polar surface area (TPSA) is 20.2 Å². The maximum Gasteiger partial charge on any atom is 0.0833 e. The van der Waals surface area contributed by atoms with Crippen molar-refractivity contribution in [2.45, 2.75) is 12.5 Å². The van der Waals surface area contributed by atoms with E-state index < -0.39 is 0 Å². The summed E-state index contributed by atoms with van der Waals surface area (Å²) in [6.45, 7) is 0. The van der Waals surface area contributed by atoms with Gasteiger partial charge in [0.1, 0.15) is 0 Å². The minimum absolute atomic E-state index is 0.199. The Bertz CT molecular complexity index is 230. The lowest BCUT2D eigenvalue weighted by molar-refractivity contribution is 0.154. The normalized spacial score (nSPS) is 22.6. The molecule has 45 valence electrons. The number of rotatable bonds is 0. The van der Waals surface area contributed by atoms with Gasteiger partial charge in [0, 0.05) is 6.42 Å². The standard InChI is InChI=1S/C8H7O/c9-8-5-6-3-1-2-4-7(6)8/h2-4,8-9H,5H2. The third-order valence-electron chi connectivity index (χ3n) is 1.76. The van der Waals surface area contributed by atoms with E-state index >= 15 is 0 Å². The van der Waals surface area contributed by atoms with Crippen LogP contribution >= 0.6 is 0 Å². The molecule has 0 fully saturated rings. The lowest BCUT2D eigenvalue weighted by Gasteiger charge is -2.24. The van der Waals surface area contributed by atoms with E-state index in [1.807, 2.05) is 18.2 Å². The van der Waals surface area contributed by atoms with Crippen molar-refractivity contribution in [3.05, 3.63) is 35.4 Å². The minimum atomic E-state index is -0.199. The second-order valence-electron chi connectivity index (χ2n) is 2.34. The fraction of sp³-hybridized carbons (Fsp3) is 0.250. The summed E-state index contributed by atoms with van der Waals surface area (Å²) in [6, 6.07) is 8.65. The van der Waals surface area contributed by atoms with E-state index in [0.717, 1.165) is 12.0 Å². The summed E-state index contributed by atoms with van der Waals surface area (Å²) in [7, 11) is 0. The Kier molecular flexibility index (Phi) is 0.878. The van der Waals surface area contributed by atoms with Gasteiger partial charge in [0.2, 0.25) is 0 Å². The van der Waals surface area contributed by atoms with Crippen molar-refractivity contribution < 1.29 is 5.11 Å². The molecule has 0 aliphatic heterocycles. The highest BCUT2D eigenvalue weighted by atomic mass is 16.3. The van der Waals surface area contributed by atoms with Crippen molar-refractivity contribution in [2.24, 2.45) is 0 Å². The molecule has 1 N–H and O–H groups in total. The van der Waals surface area contributed by atoms with Gasteiger partial charge in [-0.2, -0.15) is 0 Å². The van der Waals surface area contributed by atoms with Gasteiger partial charge in [-0.15, -0.1) is 0 Å².